The number of carbonyl (C=O) groups excluding carboxylic acids is 2. The number of piperazine rings is 1. The van der Waals surface area contributed by atoms with E-state index >= 15 is 0 Å². The minimum atomic E-state index is -0.135. The van der Waals surface area contributed by atoms with E-state index in [1.54, 1.807) is 18.1 Å². The molecular weight excluding hydrogens is 370 g/mol. The Morgan fingerprint density at radius 1 is 1.26 bits per heavy atom. The standard InChI is InChI=1S/C19H24ClN3O4/c1-13-14-4-3-5-15(20)18(14)27-17(13)19(25)23-9-7-22(8-10-23)12-16(24)21-6-11-26-2/h3-5H,6-12H2,1-2H3,(H,21,24). The summed E-state index contributed by atoms with van der Waals surface area (Å²) in [5.41, 5.74) is 1.35. The molecule has 2 aromatic rings. The number of fused-ring (bicyclic) bond motifs is 1. The number of furan rings is 1. The number of amides is 2. The van der Waals surface area contributed by atoms with Crippen LogP contribution in [-0.4, -0.2) is 74.6 Å². The summed E-state index contributed by atoms with van der Waals surface area (Å²) in [6.45, 7) is 5.58. The number of carbonyl (C=O) groups is 2. The lowest BCUT2D eigenvalue weighted by atomic mass is 10.1. The highest BCUT2D eigenvalue weighted by Crippen LogP contribution is 2.31. The fourth-order valence-electron chi connectivity index (χ4n) is 3.22. The first kappa shape index (κ1) is 19.7. The molecule has 2 heterocycles. The molecule has 1 aliphatic rings. The molecule has 1 aliphatic heterocycles. The van der Waals surface area contributed by atoms with Crippen LogP contribution in [0.5, 0.6) is 0 Å². The zero-order valence-electron chi connectivity index (χ0n) is 15.6. The second-order valence-electron chi connectivity index (χ2n) is 6.58. The minimum absolute atomic E-state index is 0.0328. The SMILES string of the molecule is COCCNC(=O)CN1CCN(C(=O)c2oc3c(Cl)cccc3c2C)CC1. The Morgan fingerprint density at radius 2 is 2.00 bits per heavy atom. The predicted octanol–water partition coefficient (Wildman–Crippen LogP) is 1.92. The van der Waals surface area contributed by atoms with Gasteiger partial charge in [0.1, 0.15) is 0 Å². The molecular formula is C19H24ClN3O4. The molecule has 1 saturated heterocycles. The zero-order chi connectivity index (χ0) is 19.4. The van der Waals surface area contributed by atoms with E-state index < -0.39 is 0 Å². The monoisotopic (exact) mass is 393 g/mol. The van der Waals surface area contributed by atoms with Crippen LogP contribution in [0.3, 0.4) is 0 Å². The molecule has 1 aromatic heterocycles. The van der Waals surface area contributed by atoms with Crippen LogP contribution in [-0.2, 0) is 9.53 Å². The van der Waals surface area contributed by atoms with Gasteiger partial charge in [0.05, 0.1) is 18.2 Å². The van der Waals surface area contributed by atoms with Crippen LogP contribution in [0.25, 0.3) is 11.0 Å². The summed E-state index contributed by atoms with van der Waals surface area (Å²) in [5, 5.41) is 4.16. The van der Waals surface area contributed by atoms with Gasteiger partial charge in [0.15, 0.2) is 11.3 Å². The molecule has 0 radical (unpaired) electrons. The van der Waals surface area contributed by atoms with Crippen molar-refractivity contribution in [3.63, 3.8) is 0 Å². The van der Waals surface area contributed by atoms with Crippen molar-refractivity contribution < 1.29 is 18.7 Å². The van der Waals surface area contributed by atoms with Gasteiger partial charge in [-0.1, -0.05) is 23.7 Å². The number of benzene rings is 1. The van der Waals surface area contributed by atoms with Crippen molar-refractivity contribution in [2.24, 2.45) is 0 Å². The van der Waals surface area contributed by atoms with Crippen LogP contribution >= 0.6 is 11.6 Å². The molecule has 2 amide bonds. The lowest BCUT2D eigenvalue weighted by Gasteiger charge is -2.33. The van der Waals surface area contributed by atoms with Gasteiger partial charge in [-0.05, 0) is 13.0 Å². The topological polar surface area (TPSA) is 75.0 Å². The lowest BCUT2D eigenvalue weighted by Crippen LogP contribution is -2.51. The van der Waals surface area contributed by atoms with Gasteiger partial charge in [0.25, 0.3) is 5.91 Å². The highest BCUT2D eigenvalue weighted by Gasteiger charge is 2.27. The van der Waals surface area contributed by atoms with Crippen LogP contribution in [0, 0.1) is 6.92 Å². The molecule has 1 aromatic carbocycles. The van der Waals surface area contributed by atoms with Crippen LogP contribution in [0.1, 0.15) is 16.1 Å². The quantitative estimate of drug-likeness (QED) is 0.759. The van der Waals surface area contributed by atoms with Gasteiger partial charge in [-0.3, -0.25) is 14.5 Å². The Labute approximate surface area is 163 Å². The largest absolute Gasteiger partial charge is 0.449 e. The maximum atomic E-state index is 12.9. The number of para-hydroxylation sites is 1. The molecule has 0 spiro atoms. The molecule has 7 nitrogen and oxygen atoms in total. The molecule has 8 heteroatoms. The number of hydrogen-bond acceptors (Lipinski definition) is 5. The molecule has 27 heavy (non-hydrogen) atoms. The number of nitrogens with zero attached hydrogens (tertiary/aromatic N) is 2. The Balaban J connectivity index is 1.58. The van der Waals surface area contributed by atoms with Crippen molar-refractivity contribution in [3.05, 3.63) is 34.5 Å². The summed E-state index contributed by atoms with van der Waals surface area (Å²) in [6, 6.07) is 5.49. The van der Waals surface area contributed by atoms with E-state index in [1.807, 2.05) is 24.0 Å². The zero-order valence-corrected chi connectivity index (χ0v) is 16.3. The summed E-state index contributed by atoms with van der Waals surface area (Å²) in [6.07, 6.45) is 0. The van der Waals surface area contributed by atoms with E-state index in [0.29, 0.717) is 62.2 Å². The van der Waals surface area contributed by atoms with E-state index in [4.69, 9.17) is 20.8 Å². The summed E-state index contributed by atoms with van der Waals surface area (Å²) in [4.78, 5) is 28.6. The molecule has 1 fully saturated rings. The maximum absolute atomic E-state index is 12.9. The number of nitrogens with one attached hydrogen (secondary N) is 1. The van der Waals surface area contributed by atoms with E-state index in [0.717, 1.165) is 10.9 Å². The van der Waals surface area contributed by atoms with Gasteiger partial charge < -0.3 is 19.4 Å². The third-order valence-electron chi connectivity index (χ3n) is 4.77. The summed E-state index contributed by atoms with van der Waals surface area (Å²) < 4.78 is 10.7. The van der Waals surface area contributed by atoms with Gasteiger partial charge in [-0.15, -0.1) is 0 Å². The van der Waals surface area contributed by atoms with Crippen molar-refractivity contribution in [1.82, 2.24) is 15.1 Å². The number of halogens is 1. The van der Waals surface area contributed by atoms with E-state index in [1.165, 1.54) is 0 Å². The lowest BCUT2D eigenvalue weighted by molar-refractivity contribution is -0.122. The number of aryl methyl sites for hydroxylation is 1. The third-order valence-corrected chi connectivity index (χ3v) is 5.06. The van der Waals surface area contributed by atoms with Crippen LogP contribution in [0.15, 0.2) is 22.6 Å². The Morgan fingerprint density at radius 3 is 2.67 bits per heavy atom. The van der Waals surface area contributed by atoms with Crippen molar-refractivity contribution in [2.45, 2.75) is 6.92 Å². The first-order valence-corrected chi connectivity index (χ1v) is 9.34. The fraction of sp³-hybridized carbons (Fsp3) is 0.474. The molecule has 3 rings (SSSR count). The van der Waals surface area contributed by atoms with E-state index in [2.05, 4.69) is 5.32 Å². The first-order chi connectivity index (χ1) is 13.0. The van der Waals surface area contributed by atoms with Crippen LogP contribution < -0.4 is 5.32 Å². The first-order valence-electron chi connectivity index (χ1n) is 8.96. The smallest absolute Gasteiger partial charge is 0.289 e. The molecule has 0 aliphatic carbocycles. The molecule has 146 valence electrons. The van der Waals surface area contributed by atoms with Gasteiger partial charge in [-0.25, -0.2) is 0 Å². The normalized spacial score (nSPS) is 15.3. The maximum Gasteiger partial charge on any atom is 0.289 e. The third kappa shape index (κ3) is 4.43. The second kappa shape index (κ2) is 8.73. The second-order valence-corrected chi connectivity index (χ2v) is 6.99. The van der Waals surface area contributed by atoms with Gasteiger partial charge in [0, 0.05) is 50.8 Å². The fourth-order valence-corrected chi connectivity index (χ4v) is 3.43. The highest BCUT2D eigenvalue weighted by atomic mass is 35.5. The number of methoxy groups -OCH3 is 1. The highest BCUT2D eigenvalue weighted by molar-refractivity contribution is 6.35. The van der Waals surface area contributed by atoms with Crippen molar-refractivity contribution >= 4 is 34.4 Å². The average molecular weight is 394 g/mol. The van der Waals surface area contributed by atoms with E-state index in [-0.39, 0.29) is 11.8 Å². The molecule has 0 atom stereocenters. The molecule has 0 saturated carbocycles. The molecule has 1 N–H and O–H groups in total. The van der Waals surface area contributed by atoms with Gasteiger partial charge in [-0.2, -0.15) is 0 Å². The molecule has 0 bridgehead atoms. The van der Waals surface area contributed by atoms with Gasteiger partial charge in [0.2, 0.25) is 5.91 Å². The number of rotatable bonds is 6. The van der Waals surface area contributed by atoms with Crippen LogP contribution in [0.2, 0.25) is 5.02 Å². The van der Waals surface area contributed by atoms with E-state index in [9.17, 15) is 9.59 Å². The molecule has 0 unspecified atom stereocenters. The summed E-state index contributed by atoms with van der Waals surface area (Å²) in [7, 11) is 1.60. The Bertz CT molecular complexity index is 828. The number of ether oxygens (including phenoxy) is 1. The summed E-state index contributed by atoms with van der Waals surface area (Å²) >= 11 is 6.17. The Hall–Kier alpha value is -2.09. The number of hydrogen-bond donors (Lipinski definition) is 1. The van der Waals surface area contributed by atoms with Gasteiger partial charge >= 0.3 is 0 Å². The summed E-state index contributed by atoms with van der Waals surface area (Å²) in [5.74, 6) is 0.169. The Kier molecular flexibility index (Phi) is 6.36. The minimum Gasteiger partial charge on any atom is -0.449 e. The van der Waals surface area contributed by atoms with Crippen molar-refractivity contribution in [2.75, 3.05) is 53.0 Å². The van der Waals surface area contributed by atoms with Crippen molar-refractivity contribution in [3.8, 4) is 0 Å². The van der Waals surface area contributed by atoms with Crippen molar-refractivity contribution in [1.29, 1.82) is 0 Å². The average Bonchev–Trinajstić information content (AvgIpc) is 3.00. The van der Waals surface area contributed by atoms with Crippen LogP contribution in [0.4, 0.5) is 0 Å². The predicted molar refractivity (Wildman–Crippen MR) is 103 cm³/mol.